The number of carbonyl (C=O) groups is 1. The molecule has 5 heteroatoms. The maximum absolute atomic E-state index is 11.8. The number of aliphatic hydroxyl groups is 1. The zero-order valence-electron chi connectivity index (χ0n) is 9.64. The highest BCUT2D eigenvalue weighted by Gasteiger charge is 2.22. The Hall–Kier alpha value is -1.03. The van der Waals surface area contributed by atoms with E-state index in [4.69, 9.17) is 23.2 Å². The summed E-state index contributed by atoms with van der Waals surface area (Å²) >= 11 is 11.7. The molecule has 1 heterocycles. The van der Waals surface area contributed by atoms with Crippen LogP contribution in [0, 0.1) is 0 Å². The molecular weight excluding hydrogens is 273 g/mol. The molecule has 1 N–H and O–H groups in total. The summed E-state index contributed by atoms with van der Waals surface area (Å²) in [4.78, 5) is 13.4. The predicted molar refractivity (Wildman–Crippen MR) is 72.7 cm³/mol. The van der Waals surface area contributed by atoms with Crippen molar-refractivity contribution in [2.24, 2.45) is 0 Å². The average Bonchev–Trinajstić information content (AvgIpc) is 2.77. The van der Waals surface area contributed by atoms with E-state index in [9.17, 15) is 9.90 Å². The molecular formula is C13H13Cl2NO2. The van der Waals surface area contributed by atoms with Crippen molar-refractivity contribution < 1.29 is 9.90 Å². The predicted octanol–water partition coefficient (Wildman–Crippen LogP) is 2.60. The van der Waals surface area contributed by atoms with Crippen LogP contribution < -0.4 is 0 Å². The molecule has 1 aromatic carbocycles. The lowest BCUT2D eigenvalue weighted by Crippen LogP contribution is -2.27. The van der Waals surface area contributed by atoms with E-state index in [1.54, 1.807) is 29.2 Å². The molecule has 2 rings (SSSR count). The van der Waals surface area contributed by atoms with Crippen molar-refractivity contribution in [3.63, 3.8) is 0 Å². The van der Waals surface area contributed by atoms with E-state index < -0.39 is 6.10 Å². The van der Waals surface area contributed by atoms with E-state index in [0.29, 0.717) is 29.6 Å². The number of benzene rings is 1. The minimum Gasteiger partial charge on any atom is -0.391 e. The smallest absolute Gasteiger partial charge is 0.246 e. The summed E-state index contributed by atoms with van der Waals surface area (Å²) in [6.45, 7) is 1.01. The Bertz CT molecular complexity index is 488. The number of hydrogen-bond acceptors (Lipinski definition) is 2. The summed E-state index contributed by atoms with van der Waals surface area (Å²) in [5, 5.41) is 10.3. The number of rotatable bonds is 2. The van der Waals surface area contributed by atoms with Crippen LogP contribution in [0.4, 0.5) is 0 Å². The third-order valence-electron chi connectivity index (χ3n) is 2.84. The first-order valence-electron chi connectivity index (χ1n) is 5.66. The molecule has 0 bridgehead atoms. The summed E-state index contributed by atoms with van der Waals surface area (Å²) in [5.41, 5.74) is 0.817. The van der Waals surface area contributed by atoms with Gasteiger partial charge < -0.3 is 10.0 Å². The van der Waals surface area contributed by atoms with E-state index >= 15 is 0 Å². The van der Waals surface area contributed by atoms with Crippen molar-refractivity contribution in [2.45, 2.75) is 12.5 Å². The Morgan fingerprint density at radius 2 is 2.17 bits per heavy atom. The lowest BCUT2D eigenvalue weighted by Gasteiger charge is -2.12. The number of β-amino-alcohol motifs (C(OH)–C–C–N with tert-alkyl or cyclic N) is 1. The van der Waals surface area contributed by atoms with Crippen LogP contribution in [0.25, 0.3) is 6.08 Å². The van der Waals surface area contributed by atoms with Crippen molar-refractivity contribution in [3.05, 3.63) is 39.9 Å². The Labute approximate surface area is 116 Å². The molecule has 0 saturated carbocycles. The fourth-order valence-corrected chi connectivity index (χ4v) is 2.14. The van der Waals surface area contributed by atoms with Crippen molar-refractivity contribution in [1.29, 1.82) is 0 Å². The van der Waals surface area contributed by atoms with Crippen LogP contribution in [0.2, 0.25) is 10.0 Å². The summed E-state index contributed by atoms with van der Waals surface area (Å²) in [6.07, 6.45) is 3.42. The van der Waals surface area contributed by atoms with Gasteiger partial charge in [-0.1, -0.05) is 29.3 Å². The maximum atomic E-state index is 11.8. The SMILES string of the molecule is O=C(C=Cc1ccc(Cl)c(Cl)c1)N1CC[C@H](O)C1. The Morgan fingerprint density at radius 3 is 2.78 bits per heavy atom. The second-order valence-corrected chi connectivity index (χ2v) is 5.05. The zero-order chi connectivity index (χ0) is 13.1. The lowest BCUT2D eigenvalue weighted by molar-refractivity contribution is -0.125. The number of likely N-dealkylation sites (tertiary alicyclic amines) is 1. The maximum Gasteiger partial charge on any atom is 0.246 e. The van der Waals surface area contributed by atoms with Gasteiger partial charge >= 0.3 is 0 Å². The monoisotopic (exact) mass is 285 g/mol. The number of hydrogen-bond donors (Lipinski definition) is 1. The van der Waals surface area contributed by atoms with Crippen LogP contribution in [0.3, 0.4) is 0 Å². The fraction of sp³-hybridized carbons (Fsp3) is 0.308. The van der Waals surface area contributed by atoms with Crippen LogP contribution in [-0.4, -0.2) is 35.1 Å². The molecule has 1 saturated heterocycles. The molecule has 0 aromatic heterocycles. The molecule has 0 spiro atoms. The molecule has 1 aliphatic rings. The first-order valence-corrected chi connectivity index (χ1v) is 6.42. The highest BCUT2D eigenvalue weighted by molar-refractivity contribution is 6.42. The zero-order valence-corrected chi connectivity index (χ0v) is 11.2. The third-order valence-corrected chi connectivity index (χ3v) is 3.58. The van der Waals surface area contributed by atoms with E-state index in [1.807, 2.05) is 0 Å². The largest absolute Gasteiger partial charge is 0.391 e. The highest BCUT2D eigenvalue weighted by Crippen LogP contribution is 2.23. The summed E-state index contributed by atoms with van der Waals surface area (Å²) in [6, 6.07) is 5.18. The summed E-state index contributed by atoms with van der Waals surface area (Å²) < 4.78 is 0. The first kappa shape index (κ1) is 13.4. The summed E-state index contributed by atoms with van der Waals surface area (Å²) in [5.74, 6) is -0.0994. The molecule has 0 radical (unpaired) electrons. The third kappa shape index (κ3) is 3.25. The van der Waals surface area contributed by atoms with Gasteiger partial charge in [0, 0.05) is 19.2 Å². The quantitative estimate of drug-likeness (QED) is 0.849. The molecule has 18 heavy (non-hydrogen) atoms. The molecule has 96 valence electrons. The molecule has 1 atom stereocenters. The lowest BCUT2D eigenvalue weighted by atomic mass is 10.2. The molecule has 1 aliphatic heterocycles. The van der Waals surface area contributed by atoms with Crippen LogP contribution in [0.1, 0.15) is 12.0 Å². The van der Waals surface area contributed by atoms with Crippen LogP contribution in [-0.2, 0) is 4.79 Å². The average molecular weight is 286 g/mol. The van der Waals surface area contributed by atoms with Crippen molar-refractivity contribution in [1.82, 2.24) is 4.90 Å². The standard InChI is InChI=1S/C13H13Cl2NO2/c14-11-3-1-9(7-12(11)15)2-4-13(18)16-6-5-10(17)8-16/h1-4,7,10,17H,5-6,8H2/t10-/m0/s1. The van der Waals surface area contributed by atoms with Gasteiger partial charge in [-0.3, -0.25) is 4.79 Å². The molecule has 0 aliphatic carbocycles. The van der Waals surface area contributed by atoms with Crippen molar-refractivity contribution >= 4 is 35.2 Å². The second-order valence-electron chi connectivity index (χ2n) is 4.23. The minimum absolute atomic E-state index is 0.0994. The van der Waals surface area contributed by atoms with Gasteiger partial charge in [-0.15, -0.1) is 0 Å². The molecule has 1 amide bonds. The fourth-order valence-electron chi connectivity index (χ4n) is 1.83. The van der Waals surface area contributed by atoms with Gasteiger partial charge in [0.1, 0.15) is 0 Å². The van der Waals surface area contributed by atoms with Gasteiger partial charge in [-0.05, 0) is 30.2 Å². The van der Waals surface area contributed by atoms with Gasteiger partial charge in [0.25, 0.3) is 0 Å². The van der Waals surface area contributed by atoms with Crippen LogP contribution in [0.5, 0.6) is 0 Å². The minimum atomic E-state index is -0.396. The Balaban J connectivity index is 2.02. The van der Waals surface area contributed by atoms with E-state index in [0.717, 1.165) is 5.56 Å². The van der Waals surface area contributed by atoms with Gasteiger partial charge in [0.2, 0.25) is 5.91 Å². The first-order chi connectivity index (χ1) is 8.56. The van der Waals surface area contributed by atoms with Crippen LogP contribution >= 0.6 is 23.2 Å². The Kier molecular flexibility index (Phi) is 4.27. The molecule has 1 fully saturated rings. The normalized spacial score (nSPS) is 19.7. The van der Waals surface area contributed by atoms with Gasteiger partial charge in [-0.25, -0.2) is 0 Å². The molecule has 3 nitrogen and oxygen atoms in total. The van der Waals surface area contributed by atoms with E-state index in [2.05, 4.69) is 0 Å². The topological polar surface area (TPSA) is 40.5 Å². The number of nitrogens with zero attached hydrogens (tertiary/aromatic N) is 1. The number of aliphatic hydroxyl groups excluding tert-OH is 1. The van der Waals surface area contributed by atoms with Gasteiger partial charge in [0.05, 0.1) is 16.1 Å². The van der Waals surface area contributed by atoms with Gasteiger partial charge in [0.15, 0.2) is 0 Å². The number of amides is 1. The van der Waals surface area contributed by atoms with Gasteiger partial charge in [-0.2, -0.15) is 0 Å². The highest BCUT2D eigenvalue weighted by atomic mass is 35.5. The van der Waals surface area contributed by atoms with E-state index in [1.165, 1.54) is 6.08 Å². The number of carbonyl (C=O) groups excluding carboxylic acids is 1. The number of halogens is 2. The molecule has 0 unspecified atom stereocenters. The van der Waals surface area contributed by atoms with Crippen molar-refractivity contribution in [3.8, 4) is 0 Å². The Morgan fingerprint density at radius 1 is 1.39 bits per heavy atom. The van der Waals surface area contributed by atoms with E-state index in [-0.39, 0.29) is 5.91 Å². The second kappa shape index (κ2) is 5.74. The molecule has 1 aromatic rings. The van der Waals surface area contributed by atoms with Crippen molar-refractivity contribution in [2.75, 3.05) is 13.1 Å². The van der Waals surface area contributed by atoms with Crippen LogP contribution in [0.15, 0.2) is 24.3 Å². The summed E-state index contributed by atoms with van der Waals surface area (Å²) in [7, 11) is 0.